The van der Waals surface area contributed by atoms with E-state index in [1.807, 2.05) is 30.3 Å². The average molecular weight is 358 g/mol. The SMILES string of the molecule is CC[C@@H](Nc1ncnc2[nH]c(-c3ccc(OC)cc3)cc12)c1ccccc1. The zero-order chi connectivity index (χ0) is 18.6. The van der Waals surface area contributed by atoms with Crippen molar-refractivity contribution in [1.82, 2.24) is 15.0 Å². The number of ether oxygens (including phenoxy) is 1. The monoisotopic (exact) mass is 358 g/mol. The summed E-state index contributed by atoms with van der Waals surface area (Å²) in [6.07, 6.45) is 2.56. The first-order valence-corrected chi connectivity index (χ1v) is 9.08. The van der Waals surface area contributed by atoms with Gasteiger partial charge in [0.15, 0.2) is 0 Å². The lowest BCUT2D eigenvalue weighted by atomic mass is 10.0. The Hall–Kier alpha value is -3.34. The second kappa shape index (κ2) is 7.50. The van der Waals surface area contributed by atoms with Gasteiger partial charge in [-0.25, -0.2) is 9.97 Å². The Bertz CT molecular complexity index is 1030. The minimum Gasteiger partial charge on any atom is -0.497 e. The van der Waals surface area contributed by atoms with Crippen molar-refractivity contribution in [3.63, 3.8) is 0 Å². The molecule has 0 aliphatic heterocycles. The molecule has 0 aliphatic rings. The Labute approximate surface area is 158 Å². The van der Waals surface area contributed by atoms with E-state index in [0.717, 1.165) is 40.3 Å². The van der Waals surface area contributed by atoms with Gasteiger partial charge < -0.3 is 15.0 Å². The van der Waals surface area contributed by atoms with Gasteiger partial charge in [-0.2, -0.15) is 0 Å². The van der Waals surface area contributed by atoms with Gasteiger partial charge in [-0.05, 0) is 47.9 Å². The molecule has 0 amide bonds. The molecule has 0 radical (unpaired) electrons. The van der Waals surface area contributed by atoms with Crippen molar-refractivity contribution in [2.24, 2.45) is 0 Å². The van der Waals surface area contributed by atoms with E-state index in [-0.39, 0.29) is 6.04 Å². The van der Waals surface area contributed by atoms with Crippen LogP contribution in [0.2, 0.25) is 0 Å². The fraction of sp³-hybridized carbons (Fsp3) is 0.182. The number of benzene rings is 2. The van der Waals surface area contributed by atoms with Crippen LogP contribution in [0, 0.1) is 0 Å². The van der Waals surface area contributed by atoms with E-state index in [0.29, 0.717) is 0 Å². The molecule has 0 unspecified atom stereocenters. The van der Waals surface area contributed by atoms with Gasteiger partial charge in [0, 0.05) is 5.69 Å². The summed E-state index contributed by atoms with van der Waals surface area (Å²) < 4.78 is 5.24. The molecule has 2 aromatic carbocycles. The smallest absolute Gasteiger partial charge is 0.143 e. The summed E-state index contributed by atoms with van der Waals surface area (Å²) in [7, 11) is 1.67. The molecule has 5 heteroatoms. The van der Waals surface area contributed by atoms with Crippen LogP contribution in [0.15, 0.2) is 67.0 Å². The summed E-state index contributed by atoms with van der Waals surface area (Å²) in [4.78, 5) is 12.3. The van der Waals surface area contributed by atoms with Crippen LogP contribution in [0.1, 0.15) is 24.9 Å². The van der Waals surface area contributed by atoms with E-state index in [1.165, 1.54) is 5.56 Å². The maximum Gasteiger partial charge on any atom is 0.143 e. The Balaban J connectivity index is 1.68. The Morgan fingerprint density at radius 2 is 1.81 bits per heavy atom. The van der Waals surface area contributed by atoms with Crippen LogP contribution in [0.5, 0.6) is 5.75 Å². The number of nitrogens with one attached hydrogen (secondary N) is 2. The second-order valence-electron chi connectivity index (χ2n) is 6.41. The highest BCUT2D eigenvalue weighted by atomic mass is 16.5. The van der Waals surface area contributed by atoms with Gasteiger partial charge in [0.05, 0.1) is 18.5 Å². The molecule has 2 N–H and O–H groups in total. The zero-order valence-electron chi connectivity index (χ0n) is 15.4. The number of H-pyrrole nitrogens is 1. The van der Waals surface area contributed by atoms with Crippen molar-refractivity contribution in [3.8, 4) is 17.0 Å². The minimum atomic E-state index is 0.198. The summed E-state index contributed by atoms with van der Waals surface area (Å²) in [6, 6.07) is 20.7. The molecular weight excluding hydrogens is 336 g/mol. The largest absolute Gasteiger partial charge is 0.497 e. The van der Waals surface area contributed by atoms with E-state index >= 15 is 0 Å². The molecule has 5 nitrogen and oxygen atoms in total. The van der Waals surface area contributed by atoms with Crippen molar-refractivity contribution >= 4 is 16.9 Å². The summed E-state index contributed by atoms with van der Waals surface area (Å²) in [6.45, 7) is 2.17. The van der Waals surface area contributed by atoms with Crippen LogP contribution < -0.4 is 10.1 Å². The normalized spacial score (nSPS) is 12.1. The van der Waals surface area contributed by atoms with Crippen LogP contribution in [0.4, 0.5) is 5.82 Å². The molecule has 0 fully saturated rings. The molecule has 0 aliphatic carbocycles. The Morgan fingerprint density at radius 1 is 1.04 bits per heavy atom. The van der Waals surface area contributed by atoms with Gasteiger partial charge >= 0.3 is 0 Å². The fourth-order valence-electron chi connectivity index (χ4n) is 3.25. The van der Waals surface area contributed by atoms with E-state index < -0.39 is 0 Å². The number of anilines is 1. The van der Waals surface area contributed by atoms with Crippen LogP contribution in [-0.4, -0.2) is 22.1 Å². The highest BCUT2D eigenvalue weighted by molar-refractivity contribution is 5.91. The van der Waals surface area contributed by atoms with E-state index in [1.54, 1.807) is 13.4 Å². The maximum atomic E-state index is 5.24. The number of aromatic amines is 1. The highest BCUT2D eigenvalue weighted by Crippen LogP contribution is 2.30. The fourth-order valence-corrected chi connectivity index (χ4v) is 3.25. The molecule has 2 aromatic heterocycles. The zero-order valence-corrected chi connectivity index (χ0v) is 15.4. The first-order valence-electron chi connectivity index (χ1n) is 9.08. The van der Waals surface area contributed by atoms with Gasteiger partial charge in [-0.1, -0.05) is 37.3 Å². The summed E-state index contributed by atoms with van der Waals surface area (Å²) in [5, 5.41) is 4.56. The van der Waals surface area contributed by atoms with Crippen molar-refractivity contribution < 1.29 is 4.74 Å². The van der Waals surface area contributed by atoms with Gasteiger partial charge in [0.2, 0.25) is 0 Å². The standard InChI is InChI=1S/C22H22N4O/c1-3-19(15-7-5-4-6-8-15)25-21-18-13-20(26-22(18)24-14-23-21)16-9-11-17(27-2)12-10-16/h4-14,19H,3H2,1-2H3,(H2,23,24,25,26)/t19-/m1/s1. The molecule has 4 aromatic rings. The van der Waals surface area contributed by atoms with Crippen LogP contribution >= 0.6 is 0 Å². The number of aromatic nitrogens is 3. The quantitative estimate of drug-likeness (QED) is 0.497. The first-order chi connectivity index (χ1) is 13.3. The van der Waals surface area contributed by atoms with Gasteiger partial charge in [0.1, 0.15) is 23.5 Å². The van der Waals surface area contributed by atoms with Crippen molar-refractivity contribution in [1.29, 1.82) is 0 Å². The number of methoxy groups -OCH3 is 1. The maximum absolute atomic E-state index is 5.24. The summed E-state index contributed by atoms with van der Waals surface area (Å²) in [5.74, 6) is 1.68. The van der Waals surface area contributed by atoms with Crippen molar-refractivity contribution in [2.45, 2.75) is 19.4 Å². The predicted molar refractivity (Wildman–Crippen MR) is 109 cm³/mol. The van der Waals surface area contributed by atoms with E-state index in [9.17, 15) is 0 Å². The molecule has 0 spiro atoms. The minimum absolute atomic E-state index is 0.198. The van der Waals surface area contributed by atoms with Gasteiger partial charge in [-0.15, -0.1) is 0 Å². The summed E-state index contributed by atoms with van der Waals surface area (Å²) in [5.41, 5.74) is 4.15. The lowest BCUT2D eigenvalue weighted by Crippen LogP contribution is -2.11. The lowest BCUT2D eigenvalue weighted by Gasteiger charge is -2.18. The Morgan fingerprint density at radius 3 is 2.52 bits per heavy atom. The topological polar surface area (TPSA) is 62.8 Å². The third kappa shape index (κ3) is 3.49. The first kappa shape index (κ1) is 17.1. The second-order valence-corrected chi connectivity index (χ2v) is 6.41. The van der Waals surface area contributed by atoms with E-state index in [4.69, 9.17) is 4.74 Å². The third-order valence-corrected chi connectivity index (χ3v) is 4.75. The molecule has 27 heavy (non-hydrogen) atoms. The molecule has 0 saturated carbocycles. The predicted octanol–water partition coefficient (Wildman–Crippen LogP) is 5.20. The summed E-state index contributed by atoms with van der Waals surface area (Å²) >= 11 is 0. The number of hydrogen-bond donors (Lipinski definition) is 2. The van der Waals surface area contributed by atoms with E-state index in [2.05, 4.69) is 57.5 Å². The van der Waals surface area contributed by atoms with Crippen LogP contribution in [-0.2, 0) is 0 Å². The number of fused-ring (bicyclic) bond motifs is 1. The van der Waals surface area contributed by atoms with Crippen LogP contribution in [0.25, 0.3) is 22.3 Å². The molecule has 0 bridgehead atoms. The Kier molecular flexibility index (Phi) is 4.75. The molecule has 1 atom stereocenters. The van der Waals surface area contributed by atoms with Gasteiger partial charge in [0.25, 0.3) is 0 Å². The number of hydrogen-bond acceptors (Lipinski definition) is 4. The lowest BCUT2D eigenvalue weighted by molar-refractivity contribution is 0.415. The third-order valence-electron chi connectivity index (χ3n) is 4.75. The molecule has 136 valence electrons. The van der Waals surface area contributed by atoms with Crippen molar-refractivity contribution in [3.05, 3.63) is 72.6 Å². The average Bonchev–Trinajstić information content (AvgIpc) is 3.18. The van der Waals surface area contributed by atoms with Crippen molar-refractivity contribution in [2.75, 3.05) is 12.4 Å². The molecule has 2 heterocycles. The highest BCUT2D eigenvalue weighted by Gasteiger charge is 2.14. The number of rotatable bonds is 6. The van der Waals surface area contributed by atoms with Crippen LogP contribution in [0.3, 0.4) is 0 Å². The molecule has 4 rings (SSSR count). The molecular formula is C22H22N4O. The van der Waals surface area contributed by atoms with Gasteiger partial charge in [-0.3, -0.25) is 0 Å². The molecule has 0 saturated heterocycles. The number of nitrogens with zero attached hydrogens (tertiary/aromatic N) is 2.